The maximum absolute atomic E-state index is 13.8. The van der Waals surface area contributed by atoms with Crippen LogP contribution in [-0.4, -0.2) is 40.7 Å². The van der Waals surface area contributed by atoms with Gasteiger partial charge in [-0.15, -0.1) is 0 Å². The van der Waals surface area contributed by atoms with Gasteiger partial charge in [0.1, 0.15) is 24.2 Å². The molecule has 7 nitrogen and oxygen atoms in total. The molecule has 0 bridgehead atoms. The van der Waals surface area contributed by atoms with Crippen molar-refractivity contribution in [2.75, 3.05) is 11.9 Å². The summed E-state index contributed by atoms with van der Waals surface area (Å²) in [7, 11) is 1.58. The van der Waals surface area contributed by atoms with Crippen molar-refractivity contribution in [1.29, 1.82) is 5.26 Å². The van der Waals surface area contributed by atoms with Crippen molar-refractivity contribution in [3.05, 3.63) is 46.2 Å². The molecule has 1 amide bonds. The predicted molar refractivity (Wildman–Crippen MR) is 131 cm³/mol. The van der Waals surface area contributed by atoms with Crippen LogP contribution in [0.15, 0.2) is 24.3 Å². The molecule has 1 saturated carbocycles. The van der Waals surface area contributed by atoms with Crippen molar-refractivity contribution in [3.63, 3.8) is 0 Å². The van der Waals surface area contributed by atoms with E-state index in [-0.39, 0.29) is 64.7 Å². The lowest BCUT2D eigenvalue weighted by Crippen LogP contribution is -2.40. The molecule has 0 unspecified atom stereocenters. The summed E-state index contributed by atoms with van der Waals surface area (Å²) in [4.78, 5) is 17.5. The van der Waals surface area contributed by atoms with Crippen LogP contribution in [0, 0.1) is 23.1 Å². The van der Waals surface area contributed by atoms with Gasteiger partial charge in [-0.3, -0.25) is 4.79 Å². The lowest BCUT2D eigenvalue weighted by Gasteiger charge is -2.30. The highest BCUT2D eigenvalue weighted by atomic mass is 35.5. The minimum Gasteiger partial charge on any atom is -0.487 e. The Balaban J connectivity index is 1.63. The summed E-state index contributed by atoms with van der Waals surface area (Å²) >= 11 is 6.09. The number of carbonyl (C=O) groups is 1. The highest BCUT2D eigenvalue weighted by molar-refractivity contribution is 6.33. The third-order valence-electron chi connectivity index (χ3n) is 6.54. The van der Waals surface area contributed by atoms with E-state index in [4.69, 9.17) is 21.6 Å². The fourth-order valence-electron chi connectivity index (χ4n) is 4.46. The zero-order valence-electron chi connectivity index (χ0n) is 20.4. The van der Waals surface area contributed by atoms with Gasteiger partial charge >= 0.3 is 6.18 Å². The Morgan fingerprint density at radius 3 is 2.54 bits per heavy atom. The zero-order chi connectivity index (χ0) is 28.5. The number of carbonyl (C=O) groups excluding carboxylic acids is 1. The number of amides is 1. The van der Waals surface area contributed by atoms with Crippen molar-refractivity contribution in [2.24, 2.45) is 13.0 Å². The Bertz CT molecular complexity index is 1430. The number of aryl methyl sites for hydroxylation is 1. The van der Waals surface area contributed by atoms with E-state index < -0.39 is 42.9 Å². The minimum atomic E-state index is -4.30. The van der Waals surface area contributed by atoms with Crippen molar-refractivity contribution in [1.82, 2.24) is 14.9 Å². The van der Waals surface area contributed by atoms with Gasteiger partial charge in [-0.05, 0) is 43.9 Å². The number of halogens is 7. The minimum absolute atomic E-state index is 0.0279. The SMILES string of the molecule is Cn1c(Nc2cc(C#N)c(F)cc2Cl)nc2cc(C(=O)NC3CCC(C(F)(F)F)CC3)c(OCC(F)F)cc21. The summed E-state index contributed by atoms with van der Waals surface area (Å²) in [6, 6.07) is 6.01. The summed E-state index contributed by atoms with van der Waals surface area (Å²) in [6.07, 6.45) is -7.14. The third kappa shape index (κ3) is 6.33. The van der Waals surface area contributed by atoms with Crippen LogP contribution >= 0.6 is 11.6 Å². The second-order valence-electron chi connectivity index (χ2n) is 9.15. The van der Waals surface area contributed by atoms with E-state index in [1.165, 1.54) is 22.8 Å². The van der Waals surface area contributed by atoms with Gasteiger partial charge in [-0.25, -0.2) is 18.2 Å². The fraction of sp³-hybridized carbons (Fsp3) is 0.400. The van der Waals surface area contributed by atoms with Gasteiger partial charge in [-0.1, -0.05) is 11.6 Å². The number of nitrogens with one attached hydrogen (secondary N) is 2. The van der Waals surface area contributed by atoms with Crippen molar-refractivity contribution in [2.45, 2.75) is 44.3 Å². The van der Waals surface area contributed by atoms with Gasteiger partial charge in [0, 0.05) is 19.2 Å². The van der Waals surface area contributed by atoms with Gasteiger partial charge in [0.2, 0.25) is 5.95 Å². The fourth-order valence-corrected chi connectivity index (χ4v) is 4.66. The molecule has 2 aromatic carbocycles. The van der Waals surface area contributed by atoms with E-state index in [1.807, 2.05) is 0 Å². The monoisotopic (exact) mass is 573 g/mol. The van der Waals surface area contributed by atoms with Crippen LogP contribution in [0.1, 0.15) is 41.6 Å². The molecule has 208 valence electrons. The molecule has 0 aliphatic heterocycles. The highest BCUT2D eigenvalue weighted by Crippen LogP contribution is 2.38. The summed E-state index contributed by atoms with van der Waals surface area (Å²) < 4.78 is 85.3. The molecule has 0 atom stereocenters. The van der Waals surface area contributed by atoms with Crippen LogP contribution < -0.4 is 15.4 Å². The first-order chi connectivity index (χ1) is 18.4. The first kappa shape index (κ1) is 28.4. The molecule has 0 radical (unpaired) electrons. The first-order valence-electron chi connectivity index (χ1n) is 11.8. The van der Waals surface area contributed by atoms with Gasteiger partial charge in [0.15, 0.2) is 0 Å². The predicted octanol–water partition coefficient (Wildman–Crippen LogP) is 6.48. The van der Waals surface area contributed by atoms with Crippen LogP contribution in [0.25, 0.3) is 11.0 Å². The number of nitriles is 1. The number of alkyl halides is 5. The van der Waals surface area contributed by atoms with Crippen LogP contribution in [0.3, 0.4) is 0 Å². The van der Waals surface area contributed by atoms with E-state index in [9.17, 15) is 31.1 Å². The highest BCUT2D eigenvalue weighted by Gasteiger charge is 2.41. The summed E-state index contributed by atoms with van der Waals surface area (Å²) in [5.41, 5.74) is 0.440. The maximum Gasteiger partial charge on any atom is 0.391 e. The molecule has 0 spiro atoms. The average molecular weight is 574 g/mol. The molecule has 3 aromatic rings. The molecule has 39 heavy (non-hydrogen) atoms. The Kier molecular flexibility index (Phi) is 8.15. The maximum atomic E-state index is 13.8. The Labute approximate surface area is 223 Å². The van der Waals surface area contributed by atoms with Crippen LogP contribution in [0.2, 0.25) is 5.02 Å². The standard InChI is InChI=1S/C25H22ClF6N5O2/c1-37-20-9-21(39-11-22(28)29)15(23(38)34-14-4-2-13(3-5-14)25(30,31)32)7-19(20)36-24(37)35-18-6-12(10-33)17(27)8-16(18)26/h6-9,13-14,22H,2-5,11H2,1H3,(H,34,38)(H,35,36). The lowest BCUT2D eigenvalue weighted by molar-refractivity contribution is -0.182. The van der Waals surface area contributed by atoms with Crippen LogP contribution in [0.5, 0.6) is 5.75 Å². The van der Waals surface area contributed by atoms with Crippen LogP contribution in [-0.2, 0) is 7.05 Å². The lowest BCUT2D eigenvalue weighted by atomic mass is 9.85. The number of anilines is 2. The molecular formula is C25H22ClF6N5O2. The smallest absolute Gasteiger partial charge is 0.391 e. The molecular weight excluding hydrogens is 552 g/mol. The number of benzene rings is 2. The van der Waals surface area contributed by atoms with Gasteiger partial charge in [0.05, 0.1) is 38.8 Å². The van der Waals surface area contributed by atoms with Crippen LogP contribution in [0.4, 0.5) is 38.0 Å². The molecule has 1 aliphatic carbocycles. The topological polar surface area (TPSA) is 92.0 Å². The number of hydrogen-bond acceptors (Lipinski definition) is 5. The Morgan fingerprint density at radius 1 is 1.23 bits per heavy atom. The Morgan fingerprint density at radius 2 is 1.92 bits per heavy atom. The quantitative estimate of drug-likeness (QED) is 0.316. The van der Waals surface area contributed by atoms with E-state index >= 15 is 0 Å². The van der Waals surface area contributed by atoms with Gasteiger partial charge in [-0.2, -0.15) is 18.4 Å². The molecule has 14 heteroatoms. The van der Waals surface area contributed by atoms with E-state index in [0.29, 0.717) is 5.52 Å². The normalized spacial score (nSPS) is 17.7. The van der Waals surface area contributed by atoms with Crippen molar-refractivity contribution >= 4 is 40.2 Å². The number of ether oxygens (including phenoxy) is 1. The van der Waals surface area contributed by atoms with Crippen molar-refractivity contribution in [3.8, 4) is 11.8 Å². The van der Waals surface area contributed by atoms with E-state index in [1.54, 1.807) is 13.1 Å². The number of fused-ring (bicyclic) bond motifs is 1. The number of nitrogens with zero attached hydrogens (tertiary/aromatic N) is 3. The molecule has 0 saturated heterocycles. The number of hydrogen-bond donors (Lipinski definition) is 2. The third-order valence-corrected chi connectivity index (χ3v) is 6.85. The molecule has 4 rings (SSSR count). The molecule has 1 aromatic heterocycles. The van der Waals surface area contributed by atoms with Crippen molar-refractivity contribution < 1.29 is 35.9 Å². The molecule has 1 heterocycles. The number of rotatable bonds is 7. The van der Waals surface area contributed by atoms with E-state index in [0.717, 1.165) is 6.07 Å². The second-order valence-corrected chi connectivity index (χ2v) is 9.55. The molecule has 1 aliphatic rings. The Hall–Kier alpha value is -3.66. The van der Waals surface area contributed by atoms with Gasteiger partial charge in [0.25, 0.3) is 12.3 Å². The molecule has 1 fully saturated rings. The average Bonchev–Trinajstić information content (AvgIpc) is 3.17. The molecule has 2 N–H and O–H groups in total. The van der Waals surface area contributed by atoms with E-state index in [2.05, 4.69) is 15.6 Å². The summed E-state index contributed by atoms with van der Waals surface area (Å²) in [5, 5.41) is 14.6. The number of aromatic nitrogens is 2. The number of imidazole rings is 1. The largest absolute Gasteiger partial charge is 0.487 e. The summed E-state index contributed by atoms with van der Waals surface area (Å²) in [5.74, 6) is -2.92. The first-order valence-corrected chi connectivity index (χ1v) is 12.2. The second kappa shape index (κ2) is 11.2. The van der Waals surface area contributed by atoms with Gasteiger partial charge < -0.3 is 19.9 Å². The zero-order valence-corrected chi connectivity index (χ0v) is 21.1. The summed E-state index contributed by atoms with van der Waals surface area (Å²) in [6.45, 7) is -0.992.